The molecule has 0 aliphatic carbocycles. The summed E-state index contributed by atoms with van der Waals surface area (Å²) < 4.78 is 16.9. The van der Waals surface area contributed by atoms with E-state index in [2.05, 4.69) is 106 Å². The molecule has 1 atom stereocenters. The molecule has 0 radical (unpaired) electrons. The van der Waals surface area contributed by atoms with Crippen LogP contribution < -0.4 is 0 Å². The molecule has 0 saturated carbocycles. The molecule has 0 aromatic rings. The van der Waals surface area contributed by atoms with Crippen molar-refractivity contribution in [2.75, 3.05) is 13.2 Å². The summed E-state index contributed by atoms with van der Waals surface area (Å²) in [5.74, 6) is -0.867. The van der Waals surface area contributed by atoms with E-state index in [1.54, 1.807) is 0 Å². The number of ether oxygens (including phenoxy) is 3. The number of rotatable bonds is 62. The van der Waals surface area contributed by atoms with Crippen LogP contribution in [0.4, 0.5) is 0 Å². The Hall–Kier alpha value is -3.41. The molecular weight excluding hydrogens is 973 g/mol. The molecule has 1 unspecified atom stereocenters. The zero-order chi connectivity index (χ0) is 57.1. The quantitative estimate of drug-likeness (QED) is 0.0261. The summed E-state index contributed by atoms with van der Waals surface area (Å²) in [4.78, 5) is 38.2. The van der Waals surface area contributed by atoms with E-state index in [1.165, 1.54) is 199 Å². The number of hydrogen-bond acceptors (Lipinski definition) is 6. The van der Waals surface area contributed by atoms with E-state index >= 15 is 0 Å². The zero-order valence-corrected chi connectivity index (χ0v) is 52.4. The highest BCUT2D eigenvalue weighted by Gasteiger charge is 2.19. The third kappa shape index (κ3) is 65.3. The second-order valence-corrected chi connectivity index (χ2v) is 22.7. The maximum Gasteiger partial charge on any atom is 0.306 e. The van der Waals surface area contributed by atoms with E-state index < -0.39 is 6.10 Å². The van der Waals surface area contributed by atoms with Crippen LogP contribution >= 0.6 is 0 Å². The molecular formula is C73H128O6. The van der Waals surface area contributed by atoms with Gasteiger partial charge in [0.25, 0.3) is 0 Å². The fourth-order valence-electron chi connectivity index (χ4n) is 9.80. The first-order valence-electron chi connectivity index (χ1n) is 34.1. The van der Waals surface area contributed by atoms with Crippen LogP contribution in [0.1, 0.15) is 342 Å². The summed E-state index contributed by atoms with van der Waals surface area (Å²) in [6.45, 7) is 6.54. The molecule has 6 nitrogen and oxygen atoms in total. The van der Waals surface area contributed by atoms with Gasteiger partial charge in [-0.3, -0.25) is 14.4 Å². The highest BCUT2D eigenvalue weighted by atomic mass is 16.6. The zero-order valence-electron chi connectivity index (χ0n) is 52.4. The fourth-order valence-corrected chi connectivity index (χ4v) is 9.80. The summed E-state index contributed by atoms with van der Waals surface area (Å²) in [5, 5.41) is 0. The van der Waals surface area contributed by atoms with Gasteiger partial charge >= 0.3 is 17.9 Å². The Balaban J connectivity index is 4.09. The SMILES string of the molecule is CC/C=C\C/C=C\C/C=C\C/C=C\C/C=C\C/C=C\CCCCCCCCCCCCCCCCCCC(=O)OCC(COC(=O)CCCCCCCCCCCCC)OC(=O)CCCCCCC/C=C\CCCCCCCC. The predicted octanol–water partition coefficient (Wildman–Crippen LogP) is 23.4. The van der Waals surface area contributed by atoms with Crippen molar-refractivity contribution >= 4 is 17.9 Å². The number of unbranched alkanes of at least 4 members (excludes halogenated alkanes) is 37. The molecule has 0 amide bonds. The Bertz CT molecular complexity index is 1500. The number of carbonyl (C=O) groups excluding carboxylic acids is 3. The largest absolute Gasteiger partial charge is 0.462 e. The van der Waals surface area contributed by atoms with Crippen molar-refractivity contribution in [3.05, 3.63) is 85.1 Å². The van der Waals surface area contributed by atoms with Crippen LogP contribution in [0, 0.1) is 0 Å². The molecule has 0 fully saturated rings. The Labute approximate surface area is 490 Å². The van der Waals surface area contributed by atoms with Crippen LogP contribution in [0.3, 0.4) is 0 Å². The molecule has 456 valence electrons. The van der Waals surface area contributed by atoms with E-state index in [0.717, 1.165) is 103 Å². The molecule has 0 aliphatic heterocycles. The molecule has 0 aliphatic rings. The normalized spacial score (nSPS) is 12.6. The Morgan fingerprint density at radius 3 is 0.785 bits per heavy atom. The average molecular weight is 1100 g/mol. The smallest absolute Gasteiger partial charge is 0.306 e. The lowest BCUT2D eigenvalue weighted by molar-refractivity contribution is -0.167. The molecule has 0 rings (SSSR count). The van der Waals surface area contributed by atoms with Crippen molar-refractivity contribution in [1.29, 1.82) is 0 Å². The summed E-state index contributed by atoms with van der Waals surface area (Å²) in [6, 6.07) is 0. The van der Waals surface area contributed by atoms with Crippen LogP contribution in [-0.2, 0) is 28.6 Å². The van der Waals surface area contributed by atoms with Crippen LogP contribution in [0.2, 0.25) is 0 Å². The van der Waals surface area contributed by atoms with E-state index in [4.69, 9.17) is 14.2 Å². The lowest BCUT2D eigenvalue weighted by Crippen LogP contribution is -2.30. The van der Waals surface area contributed by atoms with E-state index in [9.17, 15) is 14.4 Å². The van der Waals surface area contributed by atoms with E-state index in [1.807, 2.05) is 0 Å². The number of hydrogen-bond donors (Lipinski definition) is 0. The van der Waals surface area contributed by atoms with Gasteiger partial charge in [0, 0.05) is 19.3 Å². The van der Waals surface area contributed by atoms with Gasteiger partial charge in [0.2, 0.25) is 0 Å². The van der Waals surface area contributed by atoms with Crippen molar-refractivity contribution in [2.24, 2.45) is 0 Å². The van der Waals surface area contributed by atoms with Gasteiger partial charge in [-0.2, -0.15) is 0 Å². The first-order valence-corrected chi connectivity index (χ1v) is 34.1. The molecule has 0 aromatic carbocycles. The summed E-state index contributed by atoms with van der Waals surface area (Å²) in [7, 11) is 0. The Kier molecular flexibility index (Phi) is 64.2. The first kappa shape index (κ1) is 75.6. The summed E-state index contributed by atoms with van der Waals surface area (Å²) >= 11 is 0. The highest BCUT2D eigenvalue weighted by molar-refractivity contribution is 5.71. The van der Waals surface area contributed by atoms with Gasteiger partial charge < -0.3 is 14.2 Å². The van der Waals surface area contributed by atoms with Crippen LogP contribution in [0.5, 0.6) is 0 Å². The van der Waals surface area contributed by atoms with Crippen LogP contribution in [-0.4, -0.2) is 37.2 Å². The second-order valence-electron chi connectivity index (χ2n) is 22.7. The van der Waals surface area contributed by atoms with E-state index in [-0.39, 0.29) is 31.1 Å². The van der Waals surface area contributed by atoms with Crippen molar-refractivity contribution < 1.29 is 28.6 Å². The van der Waals surface area contributed by atoms with Crippen LogP contribution in [0.25, 0.3) is 0 Å². The fraction of sp³-hybridized carbons (Fsp3) is 0.767. The minimum absolute atomic E-state index is 0.0738. The minimum atomic E-state index is -0.776. The number of esters is 3. The Morgan fingerprint density at radius 2 is 0.494 bits per heavy atom. The van der Waals surface area contributed by atoms with Crippen LogP contribution in [0.15, 0.2) is 85.1 Å². The van der Waals surface area contributed by atoms with Gasteiger partial charge in [-0.1, -0.05) is 311 Å². The van der Waals surface area contributed by atoms with Crippen molar-refractivity contribution in [2.45, 2.75) is 348 Å². The van der Waals surface area contributed by atoms with E-state index in [0.29, 0.717) is 19.3 Å². The third-order valence-corrected chi connectivity index (χ3v) is 14.9. The molecule has 0 spiro atoms. The third-order valence-electron chi connectivity index (χ3n) is 14.9. The van der Waals surface area contributed by atoms with Crippen molar-refractivity contribution in [3.8, 4) is 0 Å². The average Bonchev–Trinajstić information content (AvgIpc) is 3.45. The predicted molar refractivity (Wildman–Crippen MR) is 344 cm³/mol. The van der Waals surface area contributed by atoms with Gasteiger partial charge in [-0.25, -0.2) is 0 Å². The lowest BCUT2D eigenvalue weighted by atomic mass is 10.0. The Morgan fingerprint density at radius 1 is 0.266 bits per heavy atom. The van der Waals surface area contributed by atoms with Gasteiger partial charge in [0.15, 0.2) is 6.10 Å². The molecule has 0 saturated heterocycles. The number of carbonyl (C=O) groups is 3. The molecule has 0 heterocycles. The first-order chi connectivity index (χ1) is 39.0. The summed E-state index contributed by atoms with van der Waals surface area (Å²) in [6.07, 6.45) is 89.0. The van der Waals surface area contributed by atoms with Gasteiger partial charge in [0.05, 0.1) is 0 Å². The second kappa shape index (κ2) is 67.1. The van der Waals surface area contributed by atoms with Gasteiger partial charge in [0.1, 0.15) is 13.2 Å². The topological polar surface area (TPSA) is 78.9 Å². The van der Waals surface area contributed by atoms with Crippen molar-refractivity contribution in [1.82, 2.24) is 0 Å². The lowest BCUT2D eigenvalue weighted by Gasteiger charge is -2.18. The molecule has 0 aromatic heterocycles. The van der Waals surface area contributed by atoms with Gasteiger partial charge in [-0.05, 0) is 96.3 Å². The molecule has 79 heavy (non-hydrogen) atoms. The highest BCUT2D eigenvalue weighted by Crippen LogP contribution is 2.17. The maximum absolute atomic E-state index is 12.9. The van der Waals surface area contributed by atoms with Gasteiger partial charge in [-0.15, -0.1) is 0 Å². The molecule has 0 bridgehead atoms. The molecule has 0 N–H and O–H groups in total. The van der Waals surface area contributed by atoms with Crippen molar-refractivity contribution in [3.63, 3.8) is 0 Å². The minimum Gasteiger partial charge on any atom is -0.462 e. The summed E-state index contributed by atoms with van der Waals surface area (Å²) in [5.41, 5.74) is 0. The maximum atomic E-state index is 12.9. The number of allylic oxidation sites excluding steroid dienone is 14. The molecule has 6 heteroatoms. The monoisotopic (exact) mass is 1100 g/mol. The standard InChI is InChI=1S/C73H128O6/c1-4-7-10-13-16-19-22-24-26-27-28-29-30-31-32-33-34-35-36-37-38-39-40-41-42-43-44-45-47-48-51-54-57-60-63-66-72(75)78-69-70(68-77-71(74)65-62-59-56-53-50-21-18-15-12-9-6-3)79-73(76)67-64-61-58-55-52-49-46-25-23-20-17-14-11-8-5-2/h7,10,16,19,24-26,28-29,31-32,34-35,46,70H,4-6,8-9,11-15,17-18,20-23,27,30,33,36-45,47-69H2,1-3H3/b10-7-,19-16-,26-24-,29-28-,32-31-,35-34-,46-25-.